The molecule has 0 saturated heterocycles. The Hall–Kier alpha value is -3.89. The van der Waals surface area contributed by atoms with Gasteiger partial charge in [-0.05, 0) is 55.3 Å². The highest BCUT2D eigenvalue weighted by Crippen LogP contribution is 2.26. The van der Waals surface area contributed by atoms with Crippen LogP contribution in [0.4, 0.5) is 5.69 Å². The quantitative estimate of drug-likeness (QED) is 0.329. The van der Waals surface area contributed by atoms with Crippen molar-refractivity contribution in [1.29, 1.82) is 5.26 Å². The van der Waals surface area contributed by atoms with Gasteiger partial charge in [-0.15, -0.1) is 0 Å². The largest absolute Gasteiger partial charge is 0.324 e. The molecule has 1 unspecified atom stereocenters. The number of nitrogens with one attached hydrogen (secondary N) is 1. The molecule has 1 amide bonds. The van der Waals surface area contributed by atoms with E-state index in [2.05, 4.69) is 18.3 Å². The molecule has 0 spiro atoms. The van der Waals surface area contributed by atoms with Gasteiger partial charge in [-0.2, -0.15) is 5.26 Å². The van der Waals surface area contributed by atoms with Gasteiger partial charge in [0.1, 0.15) is 6.07 Å². The summed E-state index contributed by atoms with van der Waals surface area (Å²) in [5, 5.41) is 12.5. The van der Waals surface area contributed by atoms with Crippen LogP contribution < -0.4 is 10.9 Å². The Morgan fingerprint density at radius 3 is 2.52 bits per heavy atom. The van der Waals surface area contributed by atoms with Crippen LogP contribution in [0.25, 0.3) is 16.6 Å². The number of thioether (sulfide) groups is 1. The number of nitriles is 1. The molecule has 1 atom stereocenters. The van der Waals surface area contributed by atoms with E-state index in [4.69, 9.17) is 4.98 Å². The minimum atomic E-state index is -0.564. The average molecular weight is 455 g/mol. The fourth-order valence-electron chi connectivity index (χ4n) is 3.44. The zero-order chi connectivity index (χ0) is 23.4. The molecular formula is C26H22N4O2S. The van der Waals surface area contributed by atoms with Gasteiger partial charge in [0.25, 0.3) is 5.56 Å². The fourth-order valence-corrected chi connectivity index (χ4v) is 4.36. The van der Waals surface area contributed by atoms with Crippen LogP contribution in [0.1, 0.15) is 25.0 Å². The summed E-state index contributed by atoms with van der Waals surface area (Å²) >= 11 is 1.20. The fraction of sp³-hybridized carbons (Fsp3) is 0.154. The molecule has 0 aliphatic rings. The van der Waals surface area contributed by atoms with Gasteiger partial charge in [0.05, 0.1) is 33.1 Å². The molecule has 0 radical (unpaired) electrons. The van der Waals surface area contributed by atoms with E-state index in [0.717, 1.165) is 6.42 Å². The molecule has 1 N–H and O–H groups in total. The second kappa shape index (κ2) is 9.72. The number of aromatic nitrogens is 2. The van der Waals surface area contributed by atoms with Gasteiger partial charge in [0.15, 0.2) is 5.16 Å². The van der Waals surface area contributed by atoms with Gasteiger partial charge < -0.3 is 5.32 Å². The number of amides is 1. The summed E-state index contributed by atoms with van der Waals surface area (Å²) in [6.07, 6.45) is 0.897. The molecule has 0 fully saturated rings. The highest BCUT2D eigenvalue weighted by molar-refractivity contribution is 8.00. The number of hydrogen-bond donors (Lipinski definition) is 1. The normalized spacial score (nSPS) is 11.7. The van der Waals surface area contributed by atoms with Crippen LogP contribution in [0.3, 0.4) is 0 Å². The Morgan fingerprint density at radius 2 is 1.79 bits per heavy atom. The van der Waals surface area contributed by atoms with Crippen LogP contribution in [-0.4, -0.2) is 20.7 Å². The Morgan fingerprint density at radius 1 is 1.09 bits per heavy atom. The third-order valence-electron chi connectivity index (χ3n) is 5.30. The molecular weight excluding hydrogens is 432 g/mol. The molecule has 7 heteroatoms. The Bertz CT molecular complexity index is 1420. The van der Waals surface area contributed by atoms with Gasteiger partial charge >= 0.3 is 0 Å². The summed E-state index contributed by atoms with van der Waals surface area (Å²) < 4.78 is 1.56. The summed E-state index contributed by atoms with van der Waals surface area (Å²) in [6.45, 7) is 3.83. The number of hydrogen-bond acceptors (Lipinski definition) is 5. The Kier molecular flexibility index (Phi) is 6.57. The molecule has 6 nitrogen and oxygen atoms in total. The van der Waals surface area contributed by atoms with E-state index in [-0.39, 0.29) is 11.5 Å². The van der Waals surface area contributed by atoms with E-state index >= 15 is 0 Å². The van der Waals surface area contributed by atoms with Gasteiger partial charge in [-0.25, -0.2) is 4.98 Å². The Balaban J connectivity index is 1.72. The molecule has 0 aliphatic heterocycles. The summed E-state index contributed by atoms with van der Waals surface area (Å²) in [5.41, 5.74) is 3.10. The van der Waals surface area contributed by atoms with Crippen molar-refractivity contribution in [2.45, 2.75) is 30.7 Å². The maximum Gasteiger partial charge on any atom is 0.266 e. The first kappa shape index (κ1) is 22.3. The summed E-state index contributed by atoms with van der Waals surface area (Å²) in [5.74, 6) is -0.280. The second-order valence-electron chi connectivity index (χ2n) is 7.48. The highest BCUT2D eigenvalue weighted by Gasteiger charge is 2.21. The number of nitrogens with zero attached hydrogens (tertiary/aromatic N) is 3. The third-order valence-corrected chi connectivity index (χ3v) is 6.36. The molecule has 0 aliphatic carbocycles. The first-order valence-electron chi connectivity index (χ1n) is 10.6. The number of fused-ring (bicyclic) bond motifs is 1. The number of para-hydroxylation sites is 2. The molecule has 0 saturated carbocycles. The third kappa shape index (κ3) is 4.66. The number of anilines is 1. The van der Waals surface area contributed by atoms with Crippen molar-refractivity contribution in [1.82, 2.24) is 9.55 Å². The molecule has 4 aromatic rings. The predicted octanol–water partition coefficient (Wildman–Crippen LogP) is 4.94. The SMILES string of the molecule is CCc1ccc(-n2c(SC(C)C(=O)Nc3ccccc3C#N)nc3ccccc3c2=O)cc1. The van der Waals surface area contributed by atoms with E-state index in [1.54, 1.807) is 47.9 Å². The molecule has 4 rings (SSSR count). The molecule has 1 aromatic heterocycles. The van der Waals surface area contributed by atoms with Crippen molar-refractivity contribution in [3.8, 4) is 11.8 Å². The minimum Gasteiger partial charge on any atom is -0.324 e. The summed E-state index contributed by atoms with van der Waals surface area (Å²) in [4.78, 5) is 31.0. The molecule has 33 heavy (non-hydrogen) atoms. The van der Waals surface area contributed by atoms with Gasteiger partial charge in [0, 0.05) is 0 Å². The van der Waals surface area contributed by atoms with Crippen molar-refractivity contribution in [3.63, 3.8) is 0 Å². The lowest BCUT2D eigenvalue weighted by Gasteiger charge is -2.17. The van der Waals surface area contributed by atoms with Crippen molar-refractivity contribution < 1.29 is 4.79 Å². The maximum absolute atomic E-state index is 13.4. The van der Waals surface area contributed by atoms with Crippen LogP contribution in [-0.2, 0) is 11.2 Å². The molecule has 0 bridgehead atoms. The van der Waals surface area contributed by atoms with Crippen LogP contribution in [0.5, 0.6) is 0 Å². The van der Waals surface area contributed by atoms with E-state index in [1.807, 2.05) is 36.4 Å². The lowest BCUT2D eigenvalue weighted by molar-refractivity contribution is -0.115. The molecule has 164 valence electrons. The van der Waals surface area contributed by atoms with E-state index in [9.17, 15) is 14.9 Å². The predicted molar refractivity (Wildman–Crippen MR) is 132 cm³/mol. The maximum atomic E-state index is 13.4. The monoisotopic (exact) mass is 454 g/mol. The smallest absolute Gasteiger partial charge is 0.266 e. The van der Waals surface area contributed by atoms with E-state index < -0.39 is 5.25 Å². The number of rotatable bonds is 6. The van der Waals surface area contributed by atoms with Gasteiger partial charge in [0.2, 0.25) is 5.91 Å². The number of aryl methyl sites for hydroxylation is 1. The first-order chi connectivity index (χ1) is 16.0. The lowest BCUT2D eigenvalue weighted by atomic mass is 10.1. The van der Waals surface area contributed by atoms with Gasteiger partial charge in [-0.1, -0.05) is 55.1 Å². The summed E-state index contributed by atoms with van der Waals surface area (Å²) in [7, 11) is 0. The first-order valence-corrected chi connectivity index (χ1v) is 11.5. The average Bonchev–Trinajstić information content (AvgIpc) is 2.84. The van der Waals surface area contributed by atoms with Crippen molar-refractivity contribution in [2.75, 3.05) is 5.32 Å². The standard InChI is InChI=1S/C26H22N4O2S/c1-3-18-12-14-20(15-13-18)30-25(32)21-9-5-7-11-23(21)29-26(30)33-17(2)24(31)28-22-10-6-4-8-19(22)16-27/h4-15,17H,3H2,1-2H3,(H,28,31). The zero-order valence-electron chi connectivity index (χ0n) is 18.3. The highest BCUT2D eigenvalue weighted by atomic mass is 32.2. The summed E-state index contributed by atoms with van der Waals surface area (Å²) in [6, 6.07) is 23.9. The Labute approximate surface area is 195 Å². The van der Waals surface area contributed by atoms with Crippen LogP contribution in [0, 0.1) is 11.3 Å². The van der Waals surface area contributed by atoms with Crippen molar-refractivity contribution in [2.24, 2.45) is 0 Å². The van der Waals surface area contributed by atoms with Crippen molar-refractivity contribution >= 4 is 34.3 Å². The van der Waals surface area contributed by atoms with E-state index in [1.165, 1.54) is 17.3 Å². The molecule has 3 aromatic carbocycles. The number of carbonyl (C=O) groups excluding carboxylic acids is 1. The number of benzene rings is 3. The zero-order valence-corrected chi connectivity index (χ0v) is 19.1. The minimum absolute atomic E-state index is 0.185. The second-order valence-corrected chi connectivity index (χ2v) is 8.79. The van der Waals surface area contributed by atoms with E-state index in [0.29, 0.717) is 33.0 Å². The van der Waals surface area contributed by atoms with Crippen LogP contribution in [0.2, 0.25) is 0 Å². The van der Waals surface area contributed by atoms with Gasteiger partial charge in [-0.3, -0.25) is 14.2 Å². The molecule has 1 heterocycles. The lowest BCUT2D eigenvalue weighted by Crippen LogP contribution is -2.26. The topological polar surface area (TPSA) is 87.8 Å². The van der Waals surface area contributed by atoms with Crippen LogP contribution >= 0.6 is 11.8 Å². The van der Waals surface area contributed by atoms with Crippen molar-refractivity contribution in [3.05, 3.63) is 94.3 Å². The van der Waals surface area contributed by atoms with Crippen LogP contribution in [0.15, 0.2) is 82.7 Å². The number of carbonyl (C=O) groups is 1.